The Bertz CT molecular complexity index is 734. The number of alkyl halides is 3. The molecule has 0 radical (unpaired) electrons. The van der Waals surface area contributed by atoms with Crippen LogP contribution in [0.1, 0.15) is 19.8 Å². The van der Waals surface area contributed by atoms with Crippen LogP contribution in [0.15, 0.2) is 23.5 Å². The molecule has 1 atom stereocenters. The monoisotopic (exact) mass is 552 g/mol. The maximum Gasteiger partial charge on any atom is 0.511 e. The van der Waals surface area contributed by atoms with E-state index in [1.807, 2.05) is 16.9 Å². The molecule has 1 unspecified atom stereocenters. The Hall–Kier alpha value is -1.09. The fourth-order valence-electron chi connectivity index (χ4n) is 3.02. The summed E-state index contributed by atoms with van der Waals surface area (Å²) in [5.41, 5.74) is -5.24. The Morgan fingerprint density at radius 3 is 2.48 bits per heavy atom. The predicted molar refractivity (Wildman–Crippen MR) is 115 cm³/mol. The number of halogens is 4. The Labute approximate surface area is 186 Å². The number of nitrogens with zero attached hydrogens (tertiary/aromatic N) is 4. The van der Waals surface area contributed by atoms with Gasteiger partial charge in [-0.05, 0) is 30.7 Å². The molecule has 0 amide bonds. The highest BCUT2D eigenvalue weighted by molar-refractivity contribution is 14.0. The summed E-state index contributed by atoms with van der Waals surface area (Å²) >= 11 is 0. The highest BCUT2D eigenvalue weighted by Crippen LogP contribution is 2.30. The van der Waals surface area contributed by atoms with Crippen molar-refractivity contribution in [3.63, 3.8) is 0 Å². The van der Waals surface area contributed by atoms with Gasteiger partial charge in [0.2, 0.25) is 0 Å². The van der Waals surface area contributed by atoms with Crippen molar-refractivity contribution in [2.24, 2.45) is 16.8 Å². The molecular formula is C16H28F3IN6O2S. The fraction of sp³-hybridized carbons (Fsp3) is 0.750. The van der Waals surface area contributed by atoms with Gasteiger partial charge in [-0.25, -0.2) is 8.42 Å². The molecule has 0 saturated carbocycles. The summed E-state index contributed by atoms with van der Waals surface area (Å²) in [6.45, 7) is 3.80. The van der Waals surface area contributed by atoms with E-state index >= 15 is 0 Å². The number of hydrogen-bond acceptors (Lipinski definition) is 4. The molecule has 29 heavy (non-hydrogen) atoms. The van der Waals surface area contributed by atoms with Gasteiger partial charge < -0.3 is 10.6 Å². The Morgan fingerprint density at radius 1 is 1.31 bits per heavy atom. The summed E-state index contributed by atoms with van der Waals surface area (Å²) in [7, 11) is -3.58. The van der Waals surface area contributed by atoms with E-state index in [9.17, 15) is 21.6 Å². The highest BCUT2D eigenvalue weighted by atomic mass is 127. The van der Waals surface area contributed by atoms with Gasteiger partial charge in [-0.2, -0.15) is 22.6 Å². The minimum Gasteiger partial charge on any atom is -0.356 e. The van der Waals surface area contributed by atoms with Crippen LogP contribution in [-0.2, 0) is 16.6 Å². The van der Waals surface area contributed by atoms with Gasteiger partial charge in [0, 0.05) is 52.2 Å². The Kier molecular flexibility index (Phi) is 10.1. The Balaban J connectivity index is 0.00000420. The van der Waals surface area contributed by atoms with Crippen LogP contribution >= 0.6 is 24.0 Å². The number of piperidine rings is 1. The van der Waals surface area contributed by atoms with Crippen LogP contribution in [0.2, 0.25) is 0 Å². The van der Waals surface area contributed by atoms with Crippen molar-refractivity contribution in [3.05, 3.63) is 18.5 Å². The lowest BCUT2D eigenvalue weighted by molar-refractivity contribution is -0.0496. The third-order valence-corrected chi connectivity index (χ3v) is 6.29. The minimum atomic E-state index is -5.24. The SMILES string of the molecule is CN=C(NCC(C)Cn1cccn1)NCC1CCN(S(=O)(=O)C(F)(F)F)CC1.I. The molecule has 1 aromatic rings. The van der Waals surface area contributed by atoms with Crippen LogP contribution < -0.4 is 10.6 Å². The van der Waals surface area contributed by atoms with Gasteiger partial charge >= 0.3 is 15.5 Å². The summed E-state index contributed by atoms with van der Waals surface area (Å²) in [5, 5.41) is 10.5. The molecular weight excluding hydrogens is 524 g/mol. The molecule has 0 aromatic carbocycles. The third-order valence-electron chi connectivity index (χ3n) is 4.66. The van der Waals surface area contributed by atoms with Crippen LogP contribution in [-0.4, -0.2) is 67.2 Å². The average molecular weight is 552 g/mol. The first-order valence-electron chi connectivity index (χ1n) is 9.12. The molecule has 1 saturated heterocycles. The summed E-state index contributed by atoms with van der Waals surface area (Å²) in [5.74, 6) is 1.01. The van der Waals surface area contributed by atoms with Gasteiger partial charge in [-0.1, -0.05) is 6.92 Å². The maximum absolute atomic E-state index is 12.6. The van der Waals surface area contributed by atoms with E-state index in [4.69, 9.17) is 0 Å². The standard InChI is InChI=1S/C16H27F3N6O2S.HI/c1-13(12-24-7-3-6-23-24)10-21-15(20-2)22-11-14-4-8-25(9-5-14)28(26,27)16(17,18)19;/h3,6-7,13-14H,4-5,8-12H2,1-2H3,(H2,20,21,22);1H. The topological polar surface area (TPSA) is 91.6 Å². The molecule has 0 spiro atoms. The quantitative estimate of drug-likeness (QED) is 0.306. The molecule has 0 aliphatic carbocycles. The summed E-state index contributed by atoms with van der Waals surface area (Å²) < 4.78 is 63.1. The summed E-state index contributed by atoms with van der Waals surface area (Å²) in [4.78, 5) is 4.14. The first-order valence-corrected chi connectivity index (χ1v) is 10.6. The number of nitrogens with one attached hydrogen (secondary N) is 2. The molecule has 1 aliphatic rings. The molecule has 1 aromatic heterocycles. The summed E-state index contributed by atoms with van der Waals surface area (Å²) in [6, 6.07) is 1.87. The lowest BCUT2D eigenvalue weighted by Gasteiger charge is -2.31. The predicted octanol–water partition coefficient (Wildman–Crippen LogP) is 1.86. The van der Waals surface area contributed by atoms with Gasteiger partial charge in [0.25, 0.3) is 0 Å². The van der Waals surface area contributed by atoms with E-state index in [1.165, 1.54) is 0 Å². The average Bonchev–Trinajstić information content (AvgIpc) is 3.14. The van der Waals surface area contributed by atoms with Gasteiger partial charge in [0.05, 0.1) is 0 Å². The molecule has 1 fully saturated rings. The molecule has 2 N–H and O–H groups in total. The van der Waals surface area contributed by atoms with Crippen LogP contribution in [0.25, 0.3) is 0 Å². The second-order valence-corrected chi connectivity index (χ2v) is 8.89. The zero-order chi connectivity index (χ0) is 20.8. The van der Waals surface area contributed by atoms with Crippen LogP contribution in [0.3, 0.4) is 0 Å². The van der Waals surface area contributed by atoms with E-state index in [-0.39, 0.29) is 43.0 Å². The lowest BCUT2D eigenvalue weighted by Crippen LogP contribution is -2.47. The van der Waals surface area contributed by atoms with E-state index in [0.29, 0.717) is 42.1 Å². The van der Waals surface area contributed by atoms with Crippen molar-refractivity contribution in [1.29, 1.82) is 0 Å². The van der Waals surface area contributed by atoms with E-state index in [2.05, 4.69) is 27.6 Å². The second kappa shape index (κ2) is 11.3. The van der Waals surface area contributed by atoms with E-state index in [1.54, 1.807) is 13.2 Å². The molecule has 0 bridgehead atoms. The molecule has 2 heterocycles. The Morgan fingerprint density at radius 2 is 1.97 bits per heavy atom. The number of aliphatic imine (C=N–C) groups is 1. The van der Waals surface area contributed by atoms with Gasteiger partial charge in [-0.15, -0.1) is 24.0 Å². The van der Waals surface area contributed by atoms with Crippen molar-refractivity contribution >= 4 is 40.0 Å². The normalized spacial score (nSPS) is 18.2. The lowest BCUT2D eigenvalue weighted by atomic mass is 9.98. The fourth-order valence-corrected chi connectivity index (χ4v) is 4.01. The van der Waals surface area contributed by atoms with Crippen molar-refractivity contribution in [1.82, 2.24) is 24.7 Å². The first-order chi connectivity index (χ1) is 13.1. The van der Waals surface area contributed by atoms with Crippen LogP contribution in [0.4, 0.5) is 13.2 Å². The molecule has 2 rings (SSSR count). The van der Waals surface area contributed by atoms with Crippen molar-refractivity contribution in [3.8, 4) is 0 Å². The van der Waals surface area contributed by atoms with Crippen molar-refractivity contribution in [2.45, 2.75) is 31.8 Å². The van der Waals surface area contributed by atoms with E-state index < -0.39 is 15.5 Å². The first kappa shape index (κ1) is 25.9. The molecule has 8 nitrogen and oxygen atoms in total. The number of aromatic nitrogens is 2. The van der Waals surface area contributed by atoms with Crippen molar-refractivity contribution in [2.75, 3.05) is 33.2 Å². The zero-order valence-electron chi connectivity index (χ0n) is 16.4. The number of sulfonamides is 1. The number of rotatable bonds is 7. The van der Waals surface area contributed by atoms with Crippen LogP contribution in [0.5, 0.6) is 0 Å². The smallest absolute Gasteiger partial charge is 0.356 e. The van der Waals surface area contributed by atoms with Gasteiger partial charge in [0.1, 0.15) is 0 Å². The van der Waals surface area contributed by atoms with E-state index in [0.717, 1.165) is 6.54 Å². The third kappa shape index (κ3) is 7.59. The summed E-state index contributed by atoms with van der Waals surface area (Å²) in [6.07, 6.45) is 4.37. The zero-order valence-corrected chi connectivity index (χ0v) is 19.5. The van der Waals surface area contributed by atoms with Gasteiger partial charge in [0.15, 0.2) is 5.96 Å². The maximum atomic E-state index is 12.6. The number of hydrogen-bond donors (Lipinski definition) is 2. The largest absolute Gasteiger partial charge is 0.511 e. The highest BCUT2D eigenvalue weighted by Gasteiger charge is 2.50. The minimum absolute atomic E-state index is 0. The van der Waals surface area contributed by atoms with Gasteiger partial charge in [-0.3, -0.25) is 9.67 Å². The number of guanidine groups is 1. The van der Waals surface area contributed by atoms with Crippen LogP contribution in [0, 0.1) is 11.8 Å². The van der Waals surface area contributed by atoms with Crippen molar-refractivity contribution < 1.29 is 21.6 Å². The molecule has 168 valence electrons. The second-order valence-electron chi connectivity index (χ2n) is 6.96. The molecule has 1 aliphatic heterocycles. The molecule has 13 heteroatoms.